The maximum Gasteiger partial charge on any atom is 0.358 e. The smallest absolute Gasteiger partial charge is 0.358 e. The van der Waals surface area contributed by atoms with Crippen LogP contribution in [0.15, 0.2) is 0 Å². The summed E-state index contributed by atoms with van der Waals surface area (Å²) in [7, 11) is 1.52. The number of hydrogen-bond acceptors (Lipinski definition) is 7. The number of anilines is 1. The molecule has 0 radical (unpaired) electrons. The van der Waals surface area contributed by atoms with Crippen molar-refractivity contribution in [3.63, 3.8) is 0 Å². The highest BCUT2D eigenvalue weighted by molar-refractivity contribution is 7.17. The van der Waals surface area contributed by atoms with E-state index >= 15 is 0 Å². The molecule has 0 spiro atoms. The Morgan fingerprint density at radius 1 is 1.40 bits per heavy atom. The summed E-state index contributed by atoms with van der Waals surface area (Å²) in [6, 6.07) is -0.527. The van der Waals surface area contributed by atoms with Gasteiger partial charge in [-0.15, -0.1) is 0 Å². The summed E-state index contributed by atoms with van der Waals surface area (Å²) in [5.41, 5.74) is -0.0176. The van der Waals surface area contributed by atoms with Gasteiger partial charge in [-0.1, -0.05) is 11.3 Å². The van der Waals surface area contributed by atoms with E-state index in [2.05, 4.69) is 15.6 Å². The number of ether oxygens (including phenoxy) is 1. The van der Waals surface area contributed by atoms with Gasteiger partial charge in [-0.05, 0) is 13.8 Å². The monoisotopic (exact) mass is 299 g/mol. The standard InChI is InChI=1S/C12H17N3O4S/c1-5-19-11(18)8-9(7(3)16)20-12(15-8)14-6(2)10(17)13-4/h6H,5H2,1-4H3,(H,13,17)(H,14,15). The van der Waals surface area contributed by atoms with Gasteiger partial charge in [-0.2, -0.15) is 0 Å². The number of Topliss-reactive ketones (excluding diaryl/α,β-unsaturated/α-hetero) is 1. The Morgan fingerprint density at radius 3 is 2.55 bits per heavy atom. The zero-order valence-electron chi connectivity index (χ0n) is 11.8. The summed E-state index contributed by atoms with van der Waals surface area (Å²) in [6.07, 6.45) is 0. The van der Waals surface area contributed by atoms with Crippen LogP contribution < -0.4 is 10.6 Å². The molecule has 1 aromatic heterocycles. The molecule has 2 N–H and O–H groups in total. The van der Waals surface area contributed by atoms with Gasteiger partial charge in [0.1, 0.15) is 10.9 Å². The average Bonchev–Trinajstić information content (AvgIpc) is 2.82. The molecule has 110 valence electrons. The molecule has 1 aromatic rings. The number of aromatic nitrogens is 1. The lowest BCUT2D eigenvalue weighted by molar-refractivity contribution is -0.121. The fourth-order valence-electron chi connectivity index (χ4n) is 1.43. The van der Waals surface area contributed by atoms with Crippen molar-refractivity contribution in [1.29, 1.82) is 0 Å². The van der Waals surface area contributed by atoms with Crippen LogP contribution in [0.3, 0.4) is 0 Å². The fourth-order valence-corrected chi connectivity index (χ4v) is 2.36. The number of carbonyl (C=O) groups excluding carboxylic acids is 3. The summed E-state index contributed by atoms with van der Waals surface area (Å²) >= 11 is 1.03. The van der Waals surface area contributed by atoms with E-state index in [4.69, 9.17) is 4.74 Å². The molecule has 0 saturated carbocycles. The van der Waals surface area contributed by atoms with Crippen LogP contribution >= 0.6 is 11.3 Å². The molecule has 1 atom stereocenters. The number of nitrogens with zero attached hydrogens (tertiary/aromatic N) is 1. The number of amides is 1. The fraction of sp³-hybridized carbons (Fsp3) is 0.500. The van der Waals surface area contributed by atoms with Gasteiger partial charge in [0.25, 0.3) is 0 Å². The first-order valence-corrected chi connectivity index (χ1v) is 6.89. The predicted molar refractivity (Wildman–Crippen MR) is 75.2 cm³/mol. The highest BCUT2D eigenvalue weighted by atomic mass is 32.1. The second-order valence-corrected chi connectivity index (χ2v) is 4.95. The second-order valence-electron chi connectivity index (χ2n) is 3.95. The van der Waals surface area contributed by atoms with E-state index in [1.54, 1.807) is 13.8 Å². The van der Waals surface area contributed by atoms with Gasteiger partial charge in [0, 0.05) is 14.0 Å². The van der Waals surface area contributed by atoms with Crippen molar-refractivity contribution >= 4 is 34.1 Å². The maximum atomic E-state index is 11.7. The molecule has 0 fully saturated rings. The SMILES string of the molecule is CCOC(=O)c1nc(NC(C)C(=O)NC)sc1C(C)=O. The minimum absolute atomic E-state index is 0.0176. The molecule has 0 saturated heterocycles. The van der Waals surface area contributed by atoms with Crippen LogP contribution in [0, 0.1) is 0 Å². The van der Waals surface area contributed by atoms with E-state index in [0.717, 1.165) is 11.3 Å². The molecule has 1 heterocycles. The molecule has 0 aromatic carbocycles. The van der Waals surface area contributed by atoms with Crippen LogP contribution in [0.2, 0.25) is 0 Å². The molecule has 0 aliphatic heterocycles. The third-order valence-corrected chi connectivity index (χ3v) is 3.48. The van der Waals surface area contributed by atoms with Crippen molar-refractivity contribution in [3.8, 4) is 0 Å². The minimum atomic E-state index is -0.644. The number of carbonyl (C=O) groups is 3. The number of rotatable bonds is 6. The van der Waals surface area contributed by atoms with Gasteiger partial charge in [-0.25, -0.2) is 9.78 Å². The number of hydrogen-bond donors (Lipinski definition) is 2. The first-order chi connectivity index (χ1) is 9.40. The summed E-state index contributed by atoms with van der Waals surface area (Å²) in [4.78, 5) is 38.9. The van der Waals surface area contributed by atoms with Crippen molar-refractivity contribution < 1.29 is 19.1 Å². The second kappa shape index (κ2) is 6.99. The maximum absolute atomic E-state index is 11.7. The predicted octanol–water partition coefficient (Wildman–Crippen LogP) is 1.07. The quantitative estimate of drug-likeness (QED) is 0.602. The van der Waals surface area contributed by atoms with E-state index in [-0.39, 0.29) is 28.9 Å². The van der Waals surface area contributed by atoms with Gasteiger partial charge in [0.2, 0.25) is 5.91 Å². The highest BCUT2D eigenvalue weighted by Gasteiger charge is 2.23. The van der Waals surface area contributed by atoms with Crippen LogP contribution in [-0.2, 0) is 9.53 Å². The van der Waals surface area contributed by atoms with Crippen molar-refractivity contribution in [3.05, 3.63) is 10.6 Å². The largest absolute Gasteiger partial charge is 0.461 e. The van der Waals surface area contributed by atoms with E-state index < -0.39 is 12.0 Å². The molecule has 7 nitrogen and oxygen atoms in total. The van der Waals surface area contributed by atoms with E-state index in [1.807, 2.05) is 0 Å². The Morgan fingerprint density at radius 2 is 2.05 bits per heavy atom. The molecule has 20 heavy (non-hydrogen) atoms. The first kappa shape index (κ1) is 16.1. The van der Waals surface area contributed by atoms with Crippen LogP contribution in [0.4, 0.5) is 5.13 Å². The Kier molecular flexibility index (Phi) is 5.63. The summed E-state index contributed by atoms with van der Waals surface area (Å²) < 4.78 is 4.85. The lowest BCUT2D eigenvalue weighted by atomic mass is 10.3. The Bertz CT molecular complexity index is 527. The molecule has 8 heteroatoms. The summed E-state index contributed by atoms with van der Waals surface area (Å²) in [6.45, 7) is 4.87. The summed E-state index contributed by atoms with van der Waals surface area (Å²) in [5, 5.41) is 5.66. The van der Waals surface area contributed by atoms with Crippen LogP contribution in [0.1, 0.15) is 40.9 Å². The molecular weight excluding hydrogens is 282 g/mol. The molecule has 0 bridgehead atoms. The van der Waals surface area contributed by atoms with Crippen molar-refractivity contribution in [2.75, 3.05) is 19.0 Å². The third-order valence-electron chi connectivity index (χ3n) is 2.40. The van der Waals surface area contributed by atoms with E-state index in [0.29, 0.717) is 5.13 Å². The number of nitrogens with one attached hydrogen (secondary N) is 2. The van der Waals surface area contributed by atoms with Gasteiger partial charge in [0.15, 0.2) is 16.6 Å². The van der Waals surface area contributed by atoms with Crippen LogP contribution in [-0.4, -0.2) is 42.3 Å². The normalized spacial score (nSPS) is 11.6. The molecule has 0 aliphatic carbocycles. The Hall–Kier alpha value is -1.96. The molecule has 1 amide bonds. The lowest BCUT2D eigenvalue weighted by Gasteiger charge is -2.10. The molecular formula is C12H17N3O4S. The zero-order chi connectivity index (χ0) is 15.3. The van der Waals surface area contributed by atoms with Crippen molar-refractivity contribution in [2.24, 2.45) is 0 Å². The topological polar surface area (TPSA) is 97.4 Å². The van der Waals surface area contributed by atoms with Gasteiger partial charge < -0.3 is 15.4 Å². The zero-order valence-corrected chi connectivity index (χ0v) is 12.6. The molecule has 0 aliphatic rings. The van der Waals surface area contributed by atoms with Gasteiger partial charge in [0.05, 0.1) is 6.61 Å². The van der Waals surface area contributed by atoms with E-state index in [1.165, 1.54) is 14.0 Å². The molecule has 1 rings (SSSR count). The molecule has 1 unspecified atom stereocenters. The first-order valence-electron chi connectivity index (χ1n) is 6.07. The lowest BCUT2D eigenvalue weighted by Crippen LogP contribution is -2.35. The summed E-state index contributed by atoms with van der Waals surface area (Å²) in [5.74, 6) is -1.14. The third kappa shape index (κ3) is 3.77. The minimum Gasteiger partial charge on any atom is -0.461 e. The van der Waals surface area contributed by atoms with Crippen molar-refractivity contribution in [1.82, 2.24) is 10.3 Å². The van der Waals surface area contributed by atoms with Crippen LogP contribution in [0.25, 0.3) is 0 Å². The van der Waals surface area contributed by atoms with Gasteiger partial charge in [-0.3, -0.25) is 9.59 Å². The van der Waals surface area contributed by atoms with Crippen molar-refractivity contribution in [2.45, 2.75) is 26.8 Å². The number of ketones is 1. The number of thiazole rings is 1. The number of esters is 1. The number of likely N-dealkylation sites (N-methyl/N-ethyl adjacent to an activating group) is 1. The Labute approximate surface area is 120 Å². The van der Waals surface area contributed by atoms with E-state index in [9.17, 15) is 14.4 Å². The van der Waals surface area contributed by atoms with Crippen LogP contribution in [0.5, 0.6) is 0 Å². The van der Waals surface area contributed by atoms with Gasteiger partial charge >= 0.3 is 5.97 Å². The highest BCUT2D eigenvalue weighted by Crippen LogP contribution is 2.25. The average molecular weight is 299 g/mol. The Balaban J connectivity index is 3.00.